The molecule has 24 heavy (non-hydrogen) atoms. The van der Waals surface area contributed by atoms with Crippen molar-refractivity contribution < 1.29 is 4.52 Å². The molecule has 1 aromatic carbocycles. The molecule has 3 aromatic rings. The van der Waals surface area contributed by atoms with E-state index in [-0.39, 0.29) is 0 Å². The summed E-state index contributed by atoms with van der Waals surface area (Å²) in [6, 6.07) is 9.87. The third-order valence-corrected chi connectivity index (χ3v) is 4.37. The molecule has 0 bridgehead atoms. The lowest BCUT2D eigenvalue weighted by atomic mass is 9.98. The first-order valence-electron chi connectivity index (χ1n) is 8.29. The van der Waals surface area contributed by atoms with Crippen LogP contribution in [0.4, 0.5) is 0 Å². The summed E-state index contributed by atoms with van der Waals surface area (Å²) < 4.78 is 7.31. The van der Waals surface area contributed by atoms with Gasteiger partial charge in [-0.1, -0.05) is 23.4 Å². The predicted molar refractivity (Wildman–Crippen MR) is 87.8 cm³/mol. The van der Waals surface area contributed by atoms with E-state index >= 15 is 0 Å². The molecule has 2 aromatic heterocycles. The van der Waals surface area contributed by atoms with Gasteiger partial charge in [-0.15, -0.1) is 0 Å². The molecule has 1 aliphatic rings. The van der Waals surface area contributed by atoms with E-state index in [1.54, 1.807) is 12.7 Å². The molecule has 1 fully saturated rings. The molecule has 124 valence electrons. The molecule has 1 atom stereocenters. The summed E-state index contributed by atoms with van der Waals surface area (Å²) in [6.45, 7) is 3.74. The van der Waals surface area contributed by atoms with E-state index in [1.165, 1.54) is 12.8 Å². The third kappa shape index (κ3) is 3.51. The molecular weight excluding hydrogens is 304 g/mol. The molecule has 0 unspecified atom stereocenters. The van der Waals surface area contributed by atoms with Gasteiger partial charge in [0.05, 0.1) is 6.54 Å². The lowest BCUT2D eigenvalue weighted by molar-refractivity contribution is 0.149. The van der Waals surface area contributed by atoms with Crippen LogP contribution in [0.2, 0.25) is 0 Å². The van der Waals surface area contributed by atoms with Crippen LogP contribution < -0.4 is 0 Å². The number of hydrogen-bond acceptors (Lipinski definition) is 6. The number of nitrogens with zero attached hydrogens (tertiary/aromatic N) is 6. The van der Waals surface area contributed by atoms with Gasteiger partial charge in [0.1, 0.15) is 12.7 Å². The first-order valence-corrected chi connectivity index (χ1v) is 8.29. The summed E-state index contributed by atoms with van der Waals surface area (Å²) in [4.78, 5) is 10.9. The molecule has 7 nitrogen and oxygen atoms in total. The van der Waals surface area contributed by atoms with Gasteiger partial charge < -0.3 is 4.52 Å². The Kier molecular flexibility index (Phi) is 4.33. The molecule has 7 heteroatoms. The Balaban J connectivity index is 1.37. The molecule has 1 aliphatic heterocycles. The predicted octanol–water partition coefficient (Wildman–Crippen LogP) is 2.24. The van der Waals surface area contributed by atoms with E-state index in [0.29, 0.717) is 11.8 Å². The lowest BCUT2D eigenvalue weighted by Gasteiger charge is -2.31. The SMILES string of the molecule is c1ccc(-c2nc(CN3CCC[C@H](Cn4cncn4)C3)no2)cc1. The van der Waals surface area contributed by atoms with Crippen LogP contribution in [0.5, 0.6) is 0 Å². The van der Waals surface area contributed by atoms with Crippen LogP contribution in [0.1, 0.15) is 18.7 Å². The van der Waals surface area contributed by atoms with Gasteiger partial charge in [-0.2, -0.15) is 10.1 Å². The minimum absolute atomic E-state index is 0.584. The van der Waals surface area contributed by atoms with Crippen molar-refractivity contribution in [2.24, 2.45) is 5.92 Å². The summed E-state index contributed by atoms with van der Waals surface area (Å²) in [7, 11) is 0. The minimum Gasteiger partial charge on any atom is -0.334 e. The fraction of sp³-hybridized carbons (Fsp3) is 0.412. The van der Waals surface area contributed by atoms with Crippen molar-refractivity contribution in [2.75, 3.05) is 13.1 Å². The second kappa shape index (κ2) is 6.92. The van der Waals surface area contributed by atoms with E-state index < -0.39 is 0 Å². The number of rotatable bonds is 5. The Hall–Kier alpha value is -2.54. The largest absolute Gasteiger partial charge is 0.334 e. The molecule has 0 aliphatic carbocycles. The maximum Gasteiger partial charge on any atom is 0.257 e. The lowest BCUT2D eigenvalue weighted by Crippen LogP contribution is -2.36. The fourth-order valence-electron chi connectivity index (χ4n) is 3.25. The topological polar surface area (TPSA) is 72.9 Å². The monoisotopic (exact) mass is 324 g/mol. The normalized spacial score (nSPS) is 18.8. The average Bonchev–Trinajstić information content (AvgIpc) is 3.28. The van der Waals surface area contributed by atoms with E-state index in [9.17, 15) is 0 Å². The van der Waals surface area contributed by atoms with Crippen molar-refractivity contribution in [1.29, 1.82) is 0 Å². The van der Waals surface area contributed by atoms with Gasteiger partial charge in [0.15, 0.2) is 5.82 Å². The maximum absolute atomic E-state index is 5.39. The third-order valence-electron chi connectivity index (χ3n) is 4.37. The van der Waals surface area contributed by atoms with Crippen molar-refractivity contribution in [2.45, 2.75) is 25.9 Å². The first-order chi connectivity index (χ1) is 11.9. The highest BCUT2D eigenvalue weighted by molar-refractivity contribution is 5.51. The van der Waals surface area contributed by atoms with Crippen molar-refractivity contribution in [3.63, 3.8) is 0 Å². The highest BCUT2D eigenvalue weighted by atomic mass is 16.5. The Morgan fingerprint density at radius 3 is 2.96 bits per heavy atom. The standard InChI is InChI=1S/C17H20N6O/c1-2-6-15(7-3-1)17-20-16(21-24-17)11-22-8-4-5-14(9-22)10-23-13-18-12-19-23/h1-3,6-7,12-14H,4-5,8-11H2/t14-/m0/s1. The zero-order valence-corrected chi connectivity index (χ0v) is 13.5. The fourth-order valence-corrected chi connectivity index (χ4v) is 3.25. The Labute approximate surface area is 140 Å². The molecule has 3 heterocycles. The van der Waals surface area contributed by atoms with Crippen LogP contribution in [-0.2, 0) is 13.1 Å². The average molecular weight is 324 g/mol. The van der Waals surface area contributed by atoms with E-state index in [2.05, 4.69) is 25.1 Å². The van der Waals surface area contributed by atoms with Crippen LogP contribution in [0.3, 0.4) is 0 Å². The quantitative estimate of drug-likeness (QED) is 0.716. The van der Waals surface area contributed by atoms with Crippen molar-refractivity contribution >= 4 is 0 Å². The molecule has 1 saturated heterocycles. The molecule has 0 N–H and O–H groups in total. The van der Waals surface area contributed by atoms with Gasteiger partial charge in [-0.3, -0.25) is 9.58 Å². The van der Waals surface area contributed by atoms with Gasteiger partial charge in [-0.05, 0) is 37.4 Å². The molecule has 0 spiro atoms. The van der Waals surface area contributed by atoms with Crippen molar-refractivity contribution in [3.8, 4) is 11.5 Å². The zero-order chi connectivity index (χ0) is 16.2. The van der Waals surface area contributed by atoms with Crippen LogP contribution in [0.25, 0.3) is 11.5 Å². The van der Waals surface area contributed by atoms with Crippen LogP contribution in [0, 0.1) is 5.92 Å². The van der Waals surface area contributed by atoms with E-state index in [4.69, 9.17) is 4.52 Å². The Bertz CT molecular complexity index is 755. The maximum atomic E-state index is 5.39. The highest BCUT2D eigenvalue weighted by Crippen LogP contribution is 2.21. The van der Waals surface area contributed by atoms with Gasteiger partial charge in [0.25, 0.3) is 5.89 Å². The number of piperidine rings is 1. The number of aromatic nitrogens is 5. The second-order valence-electron chi connectivity index (χ2n) is 6.24. The summed E-state index contributed by atoms with van der Waals surface area (Å²) >= 11 is 0. The van der Waals surface area contributed by atoms with Gasteiger partial charge in [0.2, 0.25) is 0 Å². The van der Waals surface area contributed by atoms with Gasteiger partial charge >= 0.3 is 0 Å². The van der Waals surface area contributed by atoms with Crippen LogP contribution in [0.15, 0.2) is 47.5 Å². The molecule has 0 amide bonds. The molecule has 0 radical (unpaired) electrons. The van der Waals surface area contributed by atoms with Crippen LogP contribution in [-0.4, -0.2) is 42.9 Å². The van der Waals surface area contributed by atoms with Gasteiger partial charge in [-0.25, -0.2) is 4.98 Å². The smallest absolute Gasteiger partial charge is 0.257 e. The van der Waals surface area contributed by atoms with E-state index in [0.717, 1.165) is 37.6 Å². The highest BCUT2D eigenvalue weighted by Gasteiger charge is 2.22. The van der Waals surface area contributed by atoms with E-state index in [1.807, 2.05) is 35.0 Å². The number of likely N-dealkylation sites (tertiary alicyclic amines) is 1. The van der Waals surface area contributed by atoms with Gasteiger partial charge in [0, 0.05) is 18.7 Å². The summed E-state index contributed by atoms with van der Waals surface area (Å²) in [5, 5.41) is 8.34. The summed E-state index contributed by atoms with van der Waals surface area (Å²) in [5.41, 5.74) is 0.957. The van der Waals surface area contributed by atoms with Crippen LogP contribution >= 0.6 is 0 Å². The number of hydrogen-bond donors (Lipinski definition) is 0. The number of benzene rings is 1. The van der Waals surface area contributed by atoms with Crippen molar-refractivity contribution in [3.05, 3.63) is 48.8 Å². The zero-order valence-electron chi connectivity index (χ0n) is 13.5. The minimum atomic E-state index is 0.584. The first kappa shape index (κ1) is 15.0. The molecular formula is C17H20N6O. The molecule has 4 rings (SSSR count). The Morgan fingerprint density at radius 1 is 1.21 bits per heavy atom. The second-order valence-corrected chi connectivity index (χ2v) is 6.24. The van der Waals surface area contributed by atoms with Crippen molar-refractivity contribution in [1.82, 2.24) is 29.8 Å². The molecule has 0 saturated carbocycles. The summed E-state index contributed by atoms with van der Waals surface area (Å²) in [6.07, 6.45) is 5.77. The summed E-state index contributed by atoms with van der Waals surface area (Å²) in [5.74, 6) is 1.91. The Morgan fingerprint density at radius 2 is 2.12 bits per heavy atom.